The minimum absolute atomic E-state index is 2.62. The highest BCUT2D eigenvalue weighted by molar-refractivity contribution is 7.91. The van der Waals surface area contributed by atoms with Crippen LogP contribution < -0.4 is 0 Å². The molecule has 24 heavy (non-hydrogen) atoms. The van der Waals surface area contributed by atoms with E-state index < -0.39 is 34.9 Å². The first-order valence-electron chi connectivity index (χ1n) is 4.70. The van der Waals surface area contributed by atoms with Crippen molar-refractivity contribution in [3.63, 3.8) is 0 Å². The minimum Gasteiger partial charge on any atom is -0.265 e. The van der Waals surface area contributed by atoms with Crippen LogP contribution in [0.25, 0.3) is 0 Å². The summed E-state index contributed by atoms with van der Waals surface area (Å²) in [4.78, 5) is 0. The van der Waals surface area contributed by atoms with E-state index in [9.17, 15) is 8.42 Å². The van der Waals surface area contributed by atoms with Gasteiger partial charge in [0.15, 0.2) is 8.67 Å². The molecular formula is C7H2Cl13O3S. The van der Waals surface area contributed by atoms with Crippen molar-refractivity contribution in [1.29, 1.82) is 0 Å². The van der Waals surface area contributed by atoms with E-state index in [1.54, 1.807) is 0 Å². The average Bonchev–Trinajstić information content (AvgIpc) is 2.36. The summed E-state index contributed by atoms with van der Waals surface area (Å²) in [6.45, 7) is 0. The van der Waals surface area contributed by atoms with Crippen molar-refractivity contribution in [2.75, 3.05) is 0 Å². The lowest BCUT2D eigenvalue weighted by atomic mass is 10.1. The molecular weight excluding hydrogens is 625 g/mol. The minimum atomic E-state index is -5.00. The summed E-state index contributed by atoms with van der Waals surface area (Å²) in [7, 11) is -2.37. The second-order valence-electron chi connectivity index (χ2n) is 3.88. The van der Waals surface area contributed by atoms with Crippen LogP contribution in [-0.4, -0.2) is 33.2 Å². The number of rotatable bonds is 6. The van der Waals surface area contributed by atoms with E-state index in [4.69, 9.17) is 151 Å². The summed E-state index contributed by atoms with van der Waals surface area (Å²) in [5, 5.41) is 0. The monoisotopic (exact) mass is 621 g/mol. The fraction of sp³-hybridized carbons (Fsp3) is 0.857. The predicted octanol–water partition coefficient (Wildman–Crippen LogP) is 7.32. The van der Waals surface area contributed by atoms with Gasteiger partial charge in [-0.2, -0.15) is 8.42 Å². The highest BCUT2D eigenvalue weighted by Gasteiger charge is 2.79. The number of alkyl halides is 13. The molecule has 0 N–H and O–H groups in total. The molecule has 0 aliphatic carbocycles. The Morgan fingerprint density at radius 3 is 1.12 bits per heavy atom. The van der Waals surface area contributed by atoms with Gasteiger partial charge in [-0.15, -0.1) is 0 Å². The smallest absolute Gasteiger partial charge is 0.265 e. The Bertz CT molecular complexity index is 575. The van der Waals surface area contributed by atoms with E-state index in [-0.39, 0.29) is 0 Å². The third-order valence-corrected chi connectivity index (χ3v) is 13.1. The van der Waals surface area contributed by atoms with Gasteiger partial charge in [-0.1, -0.05) is 151 Å². The summed E-state index contributed by atoms with van der Waals surface area (Å²) >= 11 is 75.2. The van der Waals surface area contributed by atoms with E-state index in [1.807, 2.05) is 0 Å². The van der Waals surface area contributed by atoms with Crippen molar-refractivity contribution in [3.8, 4) is 0 Å². The first-order chi connectivity index (χ1) is 10.1. The average molecular weight is 627 g/mol. The van der Waals surface area contributed by atoms with Crippen molar-refractivity contribution >= 4 is 161 Å². The summed E-state index contributed by atoms with van der Waals surface area (Å²) in [6.07, 6.45) is 0. The number of hydrogen-bond donors (Lipinski definition) is 0. The second kappa shape index (κ2) is 8.07. The predicted molar refractivity (Wildman–Crippen MR) is 108 cm³/mol. The van der Waals surface area contributed by atoms with Crippen molar-refractivity contribution in [1.82, 2.24) is 0 Å². The van der Waals surface area contributed by atoms with E-state index in [2.05, 4.69) is 11.3 Å². The molecule has 0 saturated heterocycles. The normalized spacial score (nSPS) is 16.4. The number of halogens is 13. The number of hydrogen-bond acceptors (Lipinski definition) is 3. The van der Waals surface area contributed by atoms with Crippen LogP contribution in [0.3, 0.4) is 0 Å². The largest absolute Gasteiger partial charge is 0.305 e. The summed E-state index contributed by atoms with van der Waals surface area (Å²) in [5.41, 5.74) is 0. The Hall–Kier alpha value is 3.68. The Balaban J connectivity index is 6.52. The molecule has 1 radical (unpaired) electrons. The van der Waals surface area contributed by atoms with Crippen LogP contribution in [0.15, 0.2) is 0 Å². The Labute approximate surface area is 203 Å². The molecule has 0 aliphatic rings. The maximum absolute atomic E-state index is 11.8. The van der Waals surface area contributed by atoms with Crippen molar-refractivity contribution in [2.45, 2.75) is 24.8 Å². The molecule has 3 nitrogen and oxygen atoms in total. The molecule has 0 amide bonds. The van der Waals surface area contributed by atoms with E-state index >= 15 is 0 Å². The van der Waals surface area contributed by atoms with Gasteiger partial charge in [0, 0.05) is 0 Å². The second-order valence-corrected chi connectivity index (χ2v) is 15.0. The SMILES string of the molecule is [CH2]OS(=O)(=O)C(Cl)(Cl)C(Cl)(Cl)C(Cl)(Cl)C(Cl)(Cl)C(Cl)(Cl)C(Cl)(Cl)Cl. The molecule has 0 saturated carbocycles. The van der Waals surface area contributed by atoms with Gasteiger partial charge in [0.05, 0.1) is 7.11 Å². The lowest BCUT2D eigenvalue weighted by molar-refractivity contribution is 0.418. The van der Waals surface area contributed by atoms with Crippen LogP contribution in [-0.2, 0) is 14.3 Å². The zero-order chi connectivity index (χ0) is 20.2. The molecule has 0 bridgehead atoms. The van der Waals surface area contributed by atoms with Gasteiger partial charge in [-0.3, -0.25) is 4.18 Å². The Kier molecular flexibility index (Phi) is 9.31. The molecule has 145 valence electrons. The molecule has 0 fully saturated rings. The van der Waals surface area contributed by atoms with Crippen molar-refractivity contribution < 1.29 is 12.6 Å². The molecule has 17 heteroatoms. The maximum Gasteiger partial charge on any atom is 0.305 e. The topological polar surface area (TPSA) is 43.4 Å². The third kappa shape index (κ3) is 4.25. The van der Waals surface area contributed by atoms with Crippen LogP contribution >= 0.6 is 151 Å². The molecule has 0 atom stereocenters. The van der Waals surface area contributed by atoms with Gasteiger partial charge in [0.1, 0.15) is 0 Å². The maximum atomic E-state index is 11.8. The van der Waals surface area contributed by atoms with Crippen LogP contribution in [0, 0.1) is 7.11 Å². The highest BCUT2D eigenvalue weighted by atomic mass is 35.6. The van der Waals surface area contributed by atoms with Crippen LogP contribution in [0.4, 0.5) is 0 Å². The molecule has 0 heterocycles. The zero-order valence-corrected chi connectivity index (χ0v) is 20.9. The standard InChI is InChI=1S/C7H2Cl13O3S/c1-23-24(21,22)7(19,20)5(14,15)3(10,11)2(8,9)4(12,13)6(16,17)18/h1H2. The van der Waals surface area contributed by atoms with Crippen molar-refractivity contribution in [3.05, 3.63) is 7.11 Å². The fourth-order valence-electron chi connectivity index (χ4n) is 0.986. The van der Waals surface area contributed by atoms with Gasteiger partial charge in [0.25, 0.3) is 3.67 Å². The van der Waals surface area contributed by atoms with Crippen LogP contribution in [0.1, 0.15) is 0 Å². The molecule has 0 aromatic rings. The molecule has 0 aliphatic heterocycles. The summed E-state index contributed by atoms with van der Waals surface area (Å²) in [6, 6.07) is 0. The first-order valence-corrected chi connectivity index (χ1v) is 11.0. The fourth-order valence-corrected chi connectivity index (χ4v) is 5.83. The third-order valence-electron chi connectivity index (χ3n) is 2.37. The Morgan fingerprint density at radius 2 is 0.875 bits per heavy atom. The van der Waals surface area contributed by atoms with Crippen molar-refractivity contribution in [2.24, 2.45) is 0 Å². The van der Waals surface area contributed by atoms with E-state index in [1.165, 1.54) is 0 Å². The van der Waals surface area contributed by atoms with Gasteiger partial charge in [-0.25, -0.2) is 0 Å². The molecule has 0 aromatic heterocycles. The quantitative estimate of drug-likeness (QED) is 0.229. The Morgan fingerprint density at radius 1 is 0.583 bits per heavy atom. The van der Waals surface area contributed by atoms with E-state index in [0.29, 0.717) is 0 Å². The summed E-state index contributed by atoms with van der Waals surface area (Å²) < 4.78 is 9.57. The van der Waals surface area contributed by atoms with Gasteiger partial charge < -0.3 is 0 Å². The summed E-state index contributed by atoms with van der Waals surface area (Å²) in [5.74, 6) is 0. The lowest BCUT2D eigenvalue weighted by Crippen LogP contribution is -2.66. The van der Waals surface area contributed by atoms with Gasteiger partial charge in [-0.05, 0) is 0 Å². The molecule has 0 unspecified atom stereocenters. The van der Waals surface area contributed by atoms with Gasteiger partial charge >= 0.3 is 10.1 Å². The molecule has 0 spiro atoms. The molecule has 0 aromatic carbocycles. The van der Waals surface area contributed by atoms with E-state index in [0.717, 1.165) is 0 Å². The zero-order valence-electron chi connectivity index (χ0n) is 10.3. The first kappa shape index (κ1) is 27.7. The van der Waals surface area contributed by atoms with Gasteiger partial charge in [0.2, 0.25) is 12.5 Å². The van der Waals surface area contributed by atoms with Crippen LogP contribution in [0.5, 0.6) is 0 Å². The highest BCUT2D eigenvalue weighted by Crippen LogP contribution is 2.69. The lowest BCUT2D eigenvalue weighted by Gasteiger charge is -2.49. The van der Waals surface area contributed by atoms with Crippen LogP contribution in [0.2, 0.25) is 0 Å². The molecule has 0 rings (SSSR count).